The summed E-state index contributed by atoms with van der Waals surface area (Å²) in [7, 11) is 0. The highest BCUT2D eigenvalue weighted by molar-refractivity contribution is 5.78. The van der Waals surface area contributed by atoms with Gasteiger partial charge < -0.3 is 10.6 Å². The van der Waals surface area contributed by atoms with Gasteiger partial charge in [-0.05, 0) is 6.08 Å². The van der Waals surface area contributed by atoms with Crippen LogP contribution in [-0.4, -0.2) is 24.4 Å². The predicted octanol–water partition coefficient (Wildman–Crippen LogP) is 1.68. The lowest BCUT2D eigenvalue weighted by atomic mass is 10.2. The third-order valence-electron chi connectivity index (χ3n) is 1.53. The summed E-state index contributed by atoms with van der Waals surface area (Å²) in [4.78, 5) is 10.5. The van der Waals surface area contributed by atoms with Crippen molar-refractivity contribution < 1.29 is 31.1 Å². The van der Waals surface area contributed by atoms with Crippen LogP contribution in [0.3, 0.4) is 0 Å². The van der Waals surface area contributed by atoms with E-state index in [1.165, 1.54) is 10.6 Å². The van der Waals surface area contributed by atoms with Crippen molar-refractivity contribution >= 4 is 6.03 Å². The summed E-state index contributed by atoms with van der Waals surface area (Å²) in [5.41, 5.74) is -1.71. The predicted molar refractivity (Wildman–Crippen MR) is 35.6 cm³/mol. The smallest absolute Gasteiger partial charge is 0.323 e. The van der Waals surface area contributed by atoms with Crippen molar-refractivity contribution in [3.8, 4) is 0 Å². The quantitative estimate of drug-likeness (QED) is 0.615. The van der Waals surface area contributed by atoms with E-state index in [4.69, 9.17) is 0 Å². The second kappa shape index (κ2) is 3.31. The third-order valence-corrected chi connectivity index (χ3v) is 1.53. The first-order valence-electron chi connectivity index (χ1n) is 3.54. The molecule has 1 heterocycles. The van der Waals surface area contributed by atoms with Crippen LogP contribution in [0.25, 0.3) is 0 Å². The highest BCUT2D eigenvalue weighted by atomic mass is 19.4. The van der Waals surface area contributed by atoms with Crippen LogP contribution in [0.5, 0.6) is 0 Å². The average Bonchev–Trinajstić information content (AvgIpc) is 1.99. The highest BCUT2D eigenvalue weighted by Gasteiger charge is 2.46. The number of nitrogens with one attached hydrogen (secondary N) is 2. The summed E-state index contributed by atoms with van der Waals surface area (Å²) in [5, 5.41) is 2.55. The molecule has 2 N–H and O–H groups in total. The van der Waals surface area contributed by atoms with Gasteiger partial charge >= 0.3 is 18.4 Å². The molecule has 1 aliphatic heterocycles. The number of amides is 2. The van der Waals surface area contributed by atoms with E-state index in [9.17, 15) is 31.1 Å². The molecule has 15 heavy (non-hydrogen) atoms. The number of carbonyl (C=O) groups excluding carboxylic acids is 1. The Morgan fingerprint density at radius 1 is 1.13 bits per heavy atom. The van der Waals surface area contributed by atoms with Gasteiger partial charge in [-0.1, -0.05) is 0 Å². The summed E-state index contributed by atoms with van der Waals surface area (Å²) in [5.74, 6) is 0. The van der Waals surface area contributed by atoms with Gasteiger partial charge in [0.1, 0.15) is 11.7 Å². The molecule has 0 aromatic carbocycles. The van der Waals surface area contributed by atoms with Gasteiger partial charge in [0, 0.05) is 0 Å². The van der Waals surface area contributed by atoms with E-state index in [1.54, 1.807) is 0 Å². The number of rotatable bonds is 0. The standard InChI is InChI=1S/C6H4F6N2O/c7-5(8,9)2-1-3(6(10,11)12)14-4(15)13-2/h1-2H,(H2,13,14,15). The Hall–Kier alpha value is -1.41. The Bertz CT molecular complexity index is 304. The number of alkyl halides is 6. The van der Waals surface area contributed by atoms with Crippen molar-refractivity contribution in [2.45, 2.75) is 18.4 Å². The van der Waals surface area contributed by atoms with E-state index < -0.39 is 30.1 Å². The Kier molecular flexibility index (Phi) is 2.58. The SMILES string of the molecule is O=C1NC(C(F)(F)F)=CC(C(F)(F)F)N1. The molecule has 0 radical (unpaired) electrons. The van der Waals surface area contributed by atoms with Gasteiger partial charge in [0.25, 0.3) is 0 Å². The van der Waals surface area contributed by atoms with E-state index in [1.807, 2.05) is 0 Å². The zero-order valence-corrected chi connectivity index (χ0v) is 6.83. The number of hydrogen-bond acceptors (Lipinski definition) is 1. The van der Waals surface area contributed by atoms with Gasteiger partial charge in [-0.2, -0.15) is 26.3 Å². The molecule has 0 fully saturated rings. The van der Waals surface area contributed by atoms with Gasteiger partial charge in [-0.15, -0.1) is 0 Å². The van der Waals surface area contributed by atoms with Crippen molar-refractivity contribution in [1.29, 1.82) is 0 Å². The maximum absolute atomic E-state index is 12.0. The molecule has 0 aliphatic carbocycles. The number of allylic oxidation sites excluding steroid dienone is 1. The molecular formula is C6H4F6N2O. The van der Waals surface area contributed by atoms with Gasteiger partial charge in [-0.3, -0.25) is 0 Å². The summed E-state index contributed by atoms with van der Waals surface area (Å²) in [6.45, 7) is 0. The summed E-state index contributed by atoms with van der Waals surface area (Å²) >= 11 is 0. The van der Waals surface area contributed by atoms with Crippen LogP contribution < -0.4 is 10.6 Å². The van der Waals surface area contributed by atoms with Crippen LogP contribution in [0.1, 0.15) is 0 Å². The first-order valence-corrected chi connectivity index (χ1v) is 3.54. The minimum Gasteiger partial charge on any atom is -0.323 e. The largest absolute Gasteiger partial charge is 0.431 e. The van der Waals surface area contributed by atoms with Gasteiger partial charge in [0.05, 0.1) is 0 Å². The van der Waals surface area contributed by atoms with E-state index in [0.29, 0.717) is 0 Å². The number of hydrogen-bond donors (Lipinski definition) is 2. The molecule has 9 heteroatoms. The lowest BCUT2D eigenvalue weighted by Gasteiger charge is -2.26. The Balaban J connectivity index is 2.99. The molecule has 0 aromatic heterocycles. The average molecular weight is 234 g/mol. The van der Waals surface area contributed by atoms with Gasteiger partial charge in [-0.25, -0.2) is 4.79 Å². The van der Waals surface area contributed by atoms with Gasteiger partial charge in [0.2, 0.25) is 0 Å². The van der Waals surface area contributed by atoms with Crippen LogP contribution in [0.15, 0.2) is 11.8 Å². The van der Waals surface area contributed by atoms with Crippen molar-refractivity contribution in [3.05, 3.63) is 11.8 Å². The molecule has 0 saturated heterocycles. The molecule has 1 aliphatic rings. The lowest BCUT2D eigenvalue weighted by Crippen LogP contribution is -2.54. The van der Waals surface area contributed by atoms with E-state index in [0.717, 1.165) is 0 Å². The second-order valence-corrected chi connectivity index (χ2v) is 2.70. The molecule has 0 saturated carbocycles. The van der Waals surface area contributed by atoms with Crippen molar-refractivity contribution in [3.63, 3.8) is 0 Å². The Morgan fingerprint density at radius 2 is 1.67 bits per heavy atom. The molecule has 1 rings (SSSR count). The molecule has 0 spiro atoms. The molecule has 3 nitrogen and oxygen atoms in total. The fourth-order valence-electron chi connectivity index (χ4n) is 0.891. The van der Waals surface area contributed by atoms with E-state index in [2.05, 4.69) is 0 Å². The van der Waals surface area contributed by atoms with Crippen LogP contribution in [0.2, 0.25) is 0 Å². The van der Waals surface area contributed by atoms with Crippen molar-refractivity contribution in [2.75, 3.05) is 0 Å². The lowest BCUT2D eigenvalue weighted by molar-refractivity contribution is -0.145. The maximum atomic E-state index is 12.0. The highest BCUT2D eigenvalue weighted by Crippen LogP contribution is 2.29. The van der Waals surface area contributed by atoms with Crippen molar-refractivity contribution in [1.82, 2.24) is 10.6 Å². The third kappa shape index (κ3) is 2.77. The normalized spacial score (nSPS) is 22.9. The first-order chi connectivity index (χ1) is 6.60. The summed E-state index contributed by atoms with van der Waals surface area (Å²) in [6, 6.07) is -4.16. The fourth-order valence-corrected chi connectivity index (χ4v) is 0.891. The Labute approximate surface area is 79.1 Å². The molecule has 1 unspecified atom stereocenters. The fraction of sp³-hybridized carbons (Fsp3) is 0.500. The van der Waals surface area contributed by atoms with Crippen molar-refractivity contribution in [2.24, 2.45) is 0 Å². The topological polar surface area (TPSA) is 41.1 Å². The zero-order valence-electron chi connectivity index (χ0n) is 6.83. The van der Waals surface area contributed by atoms with E-state index >= 15 is 0 Å². The second-order valence-electron chi connectivity index (χ2n) is 2.70. The number of urea groups is 1. The van der Waals surface area contributed by atoms with Crippen LogP contribution in [-0.2, 0) is 0 Å². The molecule has 86 valence electrons. The number of carbonyl (C=O) groups is 1. The monoisotopic (exact) mass is 234 g/mol. The Morgan fingerprint density at radius 3 is 2.07 bits per heavy atom. The van der Waals surface area contributed by atoms with Crippen LogP contribution in [0.4, 0.5) is 31.1 Å². The minimum atomic E-state index is -5.01. The zero-order chi connectivity index (χ0) is 11.9. The summed E-state index contributed by atoms with van der Waals surface area (Å²) < 4.78 is 72.1. The van der Waals surface area contributed by atoms with Gasteiger partial charge in [0.15, 0.2) is 0 Å². The minimum absolute atomic E-state index is 0.124. The maximum Gasteiger partial charge on any atom is 0.431 e. The van der Waals surface area contributed by atoms with Crippen LogP contribution in [0, 0.1) is 0 Å². The first kappa shape index (κ1) is 11.7. The number of halogens is 6. The summed E-state index contributed by atoms with van der Waals surface area (Å²) in [6.07, 6.45) is -10.1. The molecule has 0 aromatic rings. The molecule has 0 bridgehead atoms. The van der Waals surface area contributed by atoms with E-state index in [-0.39, 0.29) is 6.08 Å². The molecule has 1 atom stereocenters. The molecular weight excluding hydrogens is 230 g/mol. The van der Waals surface area contributed by atoms with Crippen LogP contribution >= 0.6 is 0 Å². The molecule has 2 amide bonds.